The minimum absolute atomic E-state index is 0.271. The van der Waals surface area contributed by atoms with Gasteiger partial charge in [0.2, 0.25) is 5.91 Å². The van der Waals surface area contributed by atoms with Gasteiger partial charge in [-0.25, -0.2) is 4.39 Å². The Bertz CT molecular complexity index is 436. The van der Waals surface area contributed by atoms with Gasteiger partial charge in [0.15, 0.2) is 0 Å². The number of rotatable bonds is 3. The second-order valence-corrected chi connectivity index (χ2v) is 3.33. The number of carbonyl (C=O) groups excluding carboxylic acids is 1. The van der Waals surface area contributed by atoms with Crippen molar-refractivity contribution < 1.29 is 9.18 Å². The molecule has 0 atom stereocenters. The van der Waals surface area contributed by atoms with Crippen molar-refractivity contribution in [2.24, 2.45) is 0 Å². The maximum absolute atomic E-state index is 12.9. The first-order valence-corrected chi connectivity index (χ1v) is 5.00. The number of allylic oxidation sites excluding steroid dienone is 3. The lowest BCUT2D eigenvalue weighted by Gasteiger charge is -2.05. The summed E-state index contributed by atoms with van der Waals surface area (Å²) >= 11 is 0. The molecule has 2 nitrogen and oxygen atoms in total. The SMILES string of the molecule is C/C=C/C=C/C(=O)Nc1cc(F)ccc1C. The molecule has 0 radical (unpaired) electrons. The van der Waals surface area contributed by atoms with E-state index in [2.05, 4.69) is 5.32 Å². The van der Waals surface area contributed by atoms with Crippen LogP contribution in [0.1, 0.15) is 12.5 Å². The Kier molecular flexibility index (Phi) is 4.45. The van der Waals surface area contributed by atoms with Crippen LogP contribution in [0.3, 0.4) is 0 Å². The molecule has 3 heteroatoms. The van der Waals surface area contributed by atoms with Gasteiger partial charge in [-0.05, 0) is 31.5 Å². The van der Waals surface area contributed by atoms with Crippen molar-refractivity contribution in [3.63, 3.8) is 0 Å². The van der Waals surface area contributed by atoms with Crippen LogP contribution in [0.15, 0.2) is 42.5 Å². The van der Waals surface area contributed by atoms with Crippen LogP contribution in [0.25, 0.3) is 0 Å². The van der Waals surface area contributed by atoms with E-state index in [9.17, 15) is 9.18 Å². The van der Waals surface area contributed by atoms with Crippen molar-refractivity contribution in [1.82, 2.24) is 0 Å². The van der Waals surface area contributed by atoms with E-state index in [-0.39, 0.29) is 11.7 Å². The van der Waals surface area contributed by atoms with Crippen LogP contribution in [0.5, 0.6) is 0 Å². The third kappa shape index (κ3) is 3.69. The van der Waals surface area contributed by atoms with Crippen LogP contribution in [0, 0.1) is 12.7 Å². The summed E-state index contributed by atoms with van der Waals surface area (Å²) in [7, 11) is 0. The highest BCUT2D eigenvalue weighted by Crippen LogP contribution is 2.15. The average Bonchev–Trinajstić information content (AvgIpc) is 2.24. The zero-order valence-electron chi connectivity index (χ0n) is 9.33. The van der Waals surface area contributed by atoms with Gasteiger partial charge < -0.3 is 5.32 Å². The van der Waals surface area contributed by atoms with Crippen molar-refractivity contribution in [2.45, 2.75) is 13.8 Å². The van der Waals surface area contributed by atoms with E-state index in [1.54, 1.807) is 18.2 Å². The van der Waals surface area contributed by atoms with E-state index in [1.807, 2.05) is 19.9 Å². The standard InChI is InChI=1S/C13H14FNO/c1-3-4-5-6-13(16)15-12-9-11(14)8-7-10(12)2/h3-9H,1-2H3,(H,15,16)/b4-3+,6-5+. The van der Waals surface area contributed by atoms with E-state index in [1.165, 1.54) is 18.2 Å². The number of halogens is 1. The summed E-state index contributed by atoms with van der Waals surface area (Å²) in [5.41, 5.74) is 1.32. The van der Waals surface area contributed by atoms with E-state index >= 15 is 0 Å². The first-order chi connectivity index (χ1) is 7.63. The zero-order valence-corrected chi connectivity index (χ0v) is 9.33. The van der Waals surface area contributed by atoms with Gasteiger partial charge in [-0.15, -0.1) is 0 Å². The summed E-state index contributed by atoms with van der Waals surface area (Å²) in [5.74, 6) is -0.634. The number of hydrogen-bond acceptors (Lipinski definition) is 1. The fourth-order valence-electron chi connectivity index (χ4n) is 1.16. The normalized spacial score (nSPS) is 11.2. The Morgan fingerprint density at radius 3 is 2.81 bits per heavy atom. The quantitative estimate of drug-likeness (QED) is 0.613. The molecule has 1 aromatic carbocycles. The molecule has 0 spiro atoms. The highest BCUT2D eigenvalue weighted by atomic mass is 19.1. The maximum Gasteiger partial charge on any atom is 0.248 e. The van der Waals surface area contributed by atoms with Gasteiger partial charge in [-0.3, -0.25) is 4.79 Å². The second kappa shape index (κ2) is 5.85. The molecule has 1 N–H and O–H groups in total. The van der Waals surface area contributed by atoms with Gasteiger partial charge >= 0.3 is 0 Å². The lowest BCUT2D eigenvalue weighted by atomic mass is 10.2. The Balaban J connectivity index is 2.73. The summed E-state index contributed by atoms with van der Waals surface area (Å²) in [6, 6.07) is 4.29. The third-order valence-electron chi connectivity index (χ3n) is 2.01. The predicted molar refractivity (Wildman–Crippen MR) is 63.7 cm³/mol. The van der Waals surface area contributed by atoms with Gasteiger partial charge in [0.1, 0.15) is 5.82 Å². The fourth-order valence-corrected chi connectivity index (χ4v) is 1.16. The Hall–Kier alpha value is -1.90. The second-order valence-electron chi connectivity index (χ2n) is 3.33. The molecule has 0 heterocycles. The number of aryl methyl sites for hydroxylation is 1. The molecule has 0 aliphatic carbocycles. The van der Waals surface area contributed by atoms with Crippen LogP contribution >= 0.6 is 0 Å². The van der Waals surface area contributed by atoms with E-state index in [0.29, 0.717) is 5.69 Å². The molecule has 0 aliphatic heterocycles. The van der Waals surface area contributed by atoms with Crippen LogP contribution in [0.4, 0.5) is 10.1 Å². The van der Waals surface area contributed by atoms with Crippen molar-refractivity contribution >= 4 is 11.6 Å². The maximum atomic E-state index is 12.9. The molecule has 0 bridgehead atoms. The Morgan fingerprint density at radius 2 is 2.12 bits per heavy atom. The molecule has 0 unspecified atom stereocenters. The summed E-state index contributed by atoms with van der Waals surface area (Å²) in [5, 5.41) is 2.61. The number of anilines is 1. The molecular formula is C13H14FNO. The Morgan fingerprint density at radius 1 is 1.38 bits per heavy atom. The molecule has 1 amide bonds. The van der Waals surface area contributed by atoms with E-state index < -0.39 is 0 Å². The van der Waals surface area contributed by atoms with Gasteiger partial charge in [0.25, 0.3) is 0 Å². The molecule has 0 aliphatic rings. The molecule has 0 aromatic heterocycles. The summed E-state index contributed by atoms with van der Waals surface area (Å²) in [6.07, 6.45) is 6.59. The fraction of sp³-hybridized carbons (Fsp3) is 0.154. The molecule has 0 saturated heterocycles. The number of carbonyl (C=O) groups is 1. The minimum atomic E-state index is -0.363. The smallest absolute Gasteiger partial charge is 0.248 e. The molecular weight excluding hydrogens is 205 g/mol. The average molecular weight is 219 g/mol. The number of nitrogens with one attached hydrogen (secondary N) is 1. The molecule has 84 valence electrons. The Labute approximate surface area is 94.5 Å². The zero-order chi connectivity index (χ0) is 12.0. The number of amides is 1. The number of benzene rings is 1. The lowest BCUT2D eigenvalue weighted by molar-refractivity contribution is -0.111. The van der Waals surface area contributed by atoms with Gasteiger partial charge in [-0.1, -0.05) is 24.3 Å². The summed E-state index contributed by atoms with van der Waals surface area (Å²) < 4.78 is 12.9. The predicted octanol–water partition coefficient (Wildman–Crippen LogP) is 3.20. The summed E-state index contributed by atoms with van der Waals surface area (Å²) in [4.78, 5) is 11.4. The van der Waals surface area contributed by atoms with E-state index in [0.717, 1.165) is 5.56 Å². The first kappa shape index (κ1) is 12.2. The molecule has 1 aromatic rings. The summed E-state index contributed by atoms with van der Waals surface area (Å²) in [6.45, 7) is 3.67. The van der Waals surface area contributed by atoms with Crippen molar-refractivity contribution in [3.8, 4) is 0 Å². The van der Waals surface area contributed by atoms with E-state index in [4.69, 9.17) is 0 Å². The van der Waals surface area contributed by atoms with Crippen LogP contribution in [0.2, 0.25) is 0 Å². The third-order valence-corrected chi connectivity index (χ3v) is 2.01. The lowest BCUT2D eigenvalue weighted by Crippen LogP contribution is -2.09. The largest absolute Gasteiger partial charge is 0.322 e. The van der Waals surface area contributed by atoms with Gasteiger partial charge in [0.05, 0.1) is 0 Å². The van der Waals surface area contributed by atoms with Gasteiger partial charge in [0, 0.05) is 11.8 Å². The van der Waals surface area contributed by atoms with Gasteiger partial charge in [-0.2, -0.15) is 0 Å². The monoisotopic (exact) mass is 219 g/mol. The van der Waals surface area contributed by atoms with Crippen LogP contribution < -0.4 is 5.32 Å². The molecule has 16 heavy (non-hydrogen) atoms. The van der Waals surface area contributed by atoms with Crippen LogP contribution in [-0.4, -0.2) is 5.91 Å². The topological polar surface area (TPSA) is 29.1 Å². The number of hydrogen-bond donors (Lipinski definition) is 1. The highest BCUT2D eigenvalue weighted by molar-refractivity contribution is 5.99. The molecule has 0 saturated carbocycles. The minimum Gasteiger partial charge on any atom is -0.322 e. The first-order valence-electron chi connectivity index (χ1n) is 5.00. The molecule has 1 rings (SSSR count). The van der Waals surface area contributed by atoms with Crippen LogP contribution in [-0.2, 0) is 4.79 Å². The molecule has 0 fully saturated rings. The van der Waals surface area contributed by atoms with Crippen molar-refractivity contribution in [1.29, 1.82) is 0 Å². The van der Waals surface area contributed by atoms with Crippen molar-refractivity contribution in [3.05, 3.63) is 53.9 Å². The van der Waals surface area contributed by atoms with Crippen molar-refractivity contribution in [2.75, 3.05) is 5.32 Å². The highest BCUT2D eigenvalue weighted by Gasteiger charge is 2.02.